The van der Waals surface area contributed by atoms with E-state index >= 15 is 0 Å². The molecule has 5 heteroatoms. The molecule has 0 aliphatic rings. The van der Waals surface area contributed by atoms with Gasteiger partial charge in [-0.3, -0.25) is 0 Å². The number of sulfone groups is 1. The SMILES string of the molecule is CCS(=O)(=O)CCCOc1c(C)cc(CC(C)N)cc1C. The highest BCUT2D eigenvalue weighted by molar-refractivity contribution is 7.91. The van der Waals surface area contributed by atoms with E-state index in [1.807, 2.05) is 20.8 Å². The molecule has 0 amide bonds. The summed E-state index contributed by atoms with van der Waals surface area (Å²) >= 11 is 0. The van der Waals surface area contributed by atoms with E-state index in [1.54, 1.807) is 6.92 Å². The molecule has 0 heterocycles. The van der Waals surface area contributed by atoms with E-state index in [-0.39, 0.29) is 17.5 Å². The lowest BCUT2D eigenvalue weighted by molar-refractivity contribution is 0.313. The minimum atomic E-state index is -2.91. The quantitative estimate of drug-likeness (QED) is 0.748. The van der Waals surface area contributed by atoms with Gasteiger partial charge in [0.25, 0.3) is 0 Å². The predicted octanol–water partition coefficient (Wildman–Crippen LogP) is 2.40. The Bertz CT molecular complexity index is 542. The Morgan fingerprint density at radius 2 is 1.81 bits per heavy atom. The molecule has 120 valence electrons. The van der Waals surface area contributed by atoms with Gasteiger partial charge in [-0.15, -0.1) is 0 Å². The number of hydrogen-bond donors (Lipinski definition) is 1. The fourth-order valence-corrected chi connectivity index (χ4v) is 3.20. The van der Waals surface area contributed by atoms with Gasteiger partial charge in [0.2, 0.25) is 0 Å². The van der Waals surface area contributed by atoms with Gasteiger partial charge in [0.15, 0.2) is 0 Å². The zero-order valence-electron chi connectivity index (χ0n) is 13.5. The van der Waals surface area contributed by atoms with Crippen LogP contribution in [0.2, 0.25) is 0 Å². The molecule has 4 nitrogen and oxygen atoms in total. The summed E-state index contributed by atoms with van der Waals surface area (Å²) in [6.07, 6.45) is 1.37. The lowest BCUT2D eigenvalue weighted by Crippen LogP contribution is -2.18. The average molecular weight is 313 g/mol. The van der Waals surface area contributed by atoms with E-state index in [2.05, 4.69) is 12.1 Å². The Balaban J connectivity index is 2.64. The Morgan fingerprint density at radius 3 is 2.29 bits per heavy atom. The normalized spacial score (nSPS) is 13.2. The lowest BCUT2D eigenvalue weighted by Gasteiger charge is -2.15. The number of aryl methyl sites for hydroxylation is 2. The molecule has 0 aliphatic carbocycles. The van der Waals surface area contributed by atoms with Gasteiger partial charge in [-0.25, -0.2) is 8.42 Å². The van der Waals surface area contributed by atoms with E-state index in [0.717, 1.165) is 23.3 Å². The van der Waals surface area contributed by atoms with Gasteiger partial charge in [0.1, 0.15) is 15.6 Å². The van der Waals surface area contributed by atoms with Crippen LogP contribution in [0.4, 0.5) is 0 Å². The number of benzene rings is 1. The summed E-state index contributed by atoms with van der Waals surface area (Å²) in [5.41, 5.74) is 9.18. The molecule has 1 aromatic rings. The number of hydrogen-bond acceptors (Lipinski definition) is 4. The van der Waals surface area contributed by atoms with Crippen molar-refractivity contribution in [2.45, 2.75) is 46.6 Å². The molecular weight excluding hydrogens is 286 g/mol. The van der Waals surface area contributed by atoms with Gasteiger partial charge >= 0.3 is 0 Å². The van der Waals surface area contributed by atoms with Gasteiger partial charge in [-0.2, -0.15) is 0 Å². The molecule has 0 bridgehead atoms. The largest absolute Gasteiger partial charge is 0.493 e. The minimum Gasteiger partial charge on any atom is -0.493 e. The van der Waals surface area contributed by atoms with E-state index in [1.165, 1.54) is 5.56 Å². The molecular formula is C16H27NO3S. The number of ether oxygens (including phenoxy) is 1. The van der Waals surface area contributed by atoms with Crippen LogP contribution in [0.15, 0.2) is 12.1 Å². The average Bonchev–Trinajstić information content (AvgIpc) is 2.36. The molecule has 0 radical (unpaired) electrons. The highest BCUT2D eigenvalue weighted by Crippen LogP contribution is 2.25. The Hall–Kier alpha value is -1.07. The fourth-order valence-electron chi connectivity index (χ4n) is 2.35. The van der Waals surface area contributed by atoms with E-state index < -0.39 is 9.84 Å². The molecule has 1 aromatic carbocycles. The van der Waals surface area contributed by atoms with Crippen molar-refractivity contribution >= 4 is 9.84 Å². The Kier molecular flexibility index (Phi) is 6.68. The molecule has 2 N–H and O–H groups in total. The molecule has 0 spiro atoms. The monoisotopic (exact) mass is 313 g/mol. The van der Waals surface area contributed by atoms with Crippen molar-refractivity contribution in [3.8, 4) is 5.75 Å². The minimum absolute atomic E-state index is 0.134. The molecule has 0 aliphatic heterocycles. The second-order valence-electron chi connectivity index (χ2n) is 5.68. The first-order valence-corrected chi connectivity index (χ1v) is 9.26. The topological polar surface area (TPSA) is 69.4 Å². The van der Waals surface area contributed by atoms with Crippen molar-refractivity contribution in [2.75, 3.05) is 18.1 Å². The molecule has 21 heavy (non-hydrogen) atoms. The predicted molar refractivity (Wildman–Crippen MR) is 87.7 cm³/mol. The van der Waals surface area contributed by atoms with E-state index in [0.29, 0.717) is 13.0 Å². The molecule has 0 saturated carbocycles. The Morgan fingerprint density at radius 1 is 1.24 bits per heavy atom. The van der Waals surface area contributed by atoms with Crippen molar-refractivity contribution in [1.82, 2.24) is 0 Å². The molecule has 0 aromatic heterocycles. The summed E-state index contributed by atoms with van der Waals surface area (Å²) in [5, 5.41) is 0. The van der Waals surface area contributed by atoms with Gasteiger partial charge in [0, 0.05) is 11.8 Å². The van der Waals surface area contributed by atoms with Crippen molar-refractivity contribution in [1.29, 1.82) is 0 Å². The van der Waals surface area contributed by atoms with Crippen molar-refractivity contribution < 1.29 is 13.2 Å². The smallest absolute Gasteiger partial charge is 0.150 e. The standard InChI is InChI=1S/C16H27NO3S/c1-5-21(18,19)8-6-7-20-16-12(2)9-15(10-13(16)3)11-14(4)17/h9-10,14H,5-8,11,17H2,1-4H3. The third-order valence-electron chi connectivity index (χ3n) is 3.36. The lowest BCUT2D eigenvalue weighted by atomic mass is 10.0. The highest BCUT2D eigenvalue weighted by atomic mass is 32.2. The molecule has 1 rings (SSSR count). The molecule has 0 saturated heterocycles. The zero-order valence-corrected chi connectivity index (χ0v) is 14.3. The third-order valence-corrected chi connectivity index (χ3v) is 5.15. The van der Waals surface area contributed by atoms with Gasteiger partial charge < -0.3 is 10.5 Å². The zero-order chi connectivity index (χ0) is 16.0. The summed E-state index contributed by atoms with van der Waals surface area (Å²) < 4.78 is 28.6. The maximum Gasteiger partial charge on any atom is 0.150 e. The van der Waals surface area contributed by atoms with Crippen LogP contribution in [0.1, 0.15) is 37.0 Å². The van der Waals surface area contributed by atoms with Crippen molar-refractivity contribution in [3.63, 3.8) is 0 Å². The molecule has 1 unspecified atom stereocenters. The van der Waals surface area contributed by atoms with E-state index in [4.69, 9.17) is 10.5 Å². The highest BCUT2D eigenvalue weighted by Gasteiger charge is 2.10. The maximum atomic E-state index is 11.4. The van der Waals surface area contributed by atoms with Crippen LogP contribution in [0.25, 0.3) is 0 Å². The maximum absolute atomic E-state index is 11.4. The van der Waals surface area contributed by atoms with Crippen LogP contribution >= 0.6 is 0 Å². The van der Waals surface area contributed by atoms with Crippen LogP contribution in [-0.2, 0) is 16.3 Å². The van der Waals surface area contributed by atoms with Gasteiger partial charge in [-0.05, 0) is 50.3 Å². The molecule has 0 fully saturated rings. The summed E-state index contributed by atoms with van der Waals surface area (Å²) in [7, 11) is -2.91. The van der Waals surface area contributed by atoms with Crippen LogP contribution in [0.5, 0.6) is 5.75 Å². The van der Waals surface area contributed by atoms with Crippen LogP contribution in [0.3, 0.4) is 0 Å². The number of nitrogens with two attached hydrogens (primary N) is 1. The van der Waals surface area contributed by atoms with Gasteiger partial charge in [0.05, 0.1) is 12.4 Å². The summed E-state index contributed by atoms with van der Waals surface area (Å²) in [6, 6.07) is 4.32. The summed E-state index contributed by atoms with van der Waals surface area (Å²) in [5.74, 6) is 1.24. The van der Waals surface area contributed by atoms with Crippen LogP contribution in [-0.4, -0.2) is 32.6 Å². The van der Waals surface area contributed by atoms with Crippen molar-refractivity contribution in [2.24, 2.45) is 5.73 Å². The second-order valence-corrected chi connectivity index (χ2v) is 8.15. The number of rotatable bonds is 8. The third kappa shape index (κ3) is 6.06. The first kappa shape index (κ1) is 18.0. The summed E-state index contributed by atoms with van der Waals surface area (Å²) in [4.78, 5) is 0. The summed E-state index contributed by atoms with van der Waals surface area (Å²) in [6.45, 7) is 8.10. The first-order valence-electron chi connectivity index (χ1n) is 7.44. The van der Waals surface area contributed by atoms with Crippen LogP contribution < -0.4 is 10.5 Å². The Labute approximate surface area is 128 Å². The van der Waals surface area contributed by atoms with E-state index in [9.17, 15) is 8.42 Å². The van der Waals surface area contributed by atoms with Crippen molar-refractivity contribution in [3.05, 3.63) is 28.8 Å². The first-order chi connectivity index (χ1) is 9.75. The fraction of sp³-hybridized carbons (Fsp3) is 0.625. The van der Waals surface area contributed by atoms with Gasteiger partial charge in [-0.1, -0.05) is 19.1 Å². The van der Waals surface area contributed by atoms with Crippen LogP contribution in [0, 0.1) is 13.8 Å². The molecule has 1 atom stereocenters. The second kappa shape index (κ2) is 7.80.